The molecule has 1 N–H and O–H groups in total. The second-order valence-corrected chi connectivity index (χ2v) is 5.91. The molecular weight excluding hydrogens is 316 g/mol. The van der Waals surface area contributed by atoms with Crippen LogP contribution in [0.15, 0.2) is 30.6 Å². The lowest BCUT2D eigenvalue weighted by atomic mass is 9.90. The van der Waals surface area contributed by atoms with Crippen molar-refractivity contribution >= 4 is 11.8 Å². The third kappa shape index (κ3) is 3.50. The van der Waals surface area contributed by atoms with E-state index in [0.717, 1.165) is 32.0 Å². The van der Waals surface area contributed by atoms with Crippen LogP contribution >= 0.6 is 0 Å². The Bertz CT molecular complexity index is 729. The fourth-order valence-corrected chi connectivity index (χ4v) is 2.98. The average Bonchev–Trinajstić information content (AvgIpc) is 2.60. The van der Waals surface area contributed by atoms with Crippen molar-refractivity contribution in [2.75, 3.05) is 18.0 Å². The van der Waals surface area contributed by atoms with Gasteiger partial charge in [0.15, 0.2) is 17.3 Å². The van der Waals surface area contributed by atoms with Crippen molar-refractivity contribution in [3.63, 3.8) is 0 Å². The van der Waals surface area contributed by atoms with Crippen LogP contribution in [0, 0.1) is 17.6 Å². The molecule has 24 heavy (non-hydrogen) atoms. The number of piperidine rings is 1. The molecule has 0 unspecified atom stereocenters. The first kappa shape index (κ1) is 16.3. The monoisotopic (exact) mass is 333 g/mol. The standard InChI is InChI=1S/C17H17F2N3O2/c18-13-3-1-2-12(16(13)19)8-11-4-6-22(7-5-11)15-10-20-14(9-21-15)17(23)24/h1-3,9-11H,4-8H2,(H,23,24). The molecule has 0 spiro atoms. The fourth-order valence-electron chi connectivity index (χ4n) is 2.98. The second-order valence-electron chi connectivity index (χ2n) is 5.91. The fraction of sp³-hybridized carbons (Fsp3) is 0.353. The topological polar surface area (TPSA) is 66.3 Å². The van der Waals surface area contributed by atoms with E-state index in [9.17, 15) is 13.6 Å². The summed E-state index contributed by atoms with van der Waals surface area (Å²) >= 11 is 0. The van der Waals surface area contributed by atoms with Gasteiger partial charge in [-0.05, 0) is 36.8 Å². The Hall–Kier alpha value is -2.57. The van der Waals surface area contributed by atoms with Crippen molar-refractivity contribution in [2.24, 2.45) is 5.92 Å². The lowest BCUT2D eigenvalue weighted by molar-refractivity contribution is 0.0690. The maximum absolute atomic E-state index is 13.7. The zero-order valence-electron chi connectivity index (χ0n) is 13.0. The normalized spacial score (nSPS) is 15.5. The molecule has 1 aromatic carbocycles. The number of rotatable bonds is 4. The summed E-state index contributed by atoms with van der Waals surface area (Å²) < 4.78 is 27.0. The lowest BCUT2D eigenvalue weighted by Gasteiger charge is -2.32. The van der Waals surface area contributed by atoms with Crippen LogP contribution in [0.4, 0.5) is 14.6 Å². The van der Waals surface area contributed by atoms with Gasteiger partial charge in [0.2, 0.25) is 0 Å². The molecule has 2 aromatic rings. The molecule has 0 aliphatic carbocycles. The minimum Gasteiger partial charge on any atom is -0.476 e. The van der Waals surface area contributed by atoms with Gasteiger partial charge in [0.05, 0.1) is 12.4 Å². The Kier molecular flexibility index (Phi) is 4.69. The van der Waals surface area contributed by atoms with Crippen LogP contribution < -0.4 is 4.90 Å². The van der Waals surface area contributed by atoms with Crippen molar-refractivity contribution in [3.05, 3.63) is 53.5 Å². The maximum Gasteiger partial charge on any atom is 0.356 e. The van der Waals surface area contributed by atoms with Gasteiger partial charge in [0, 0.05) is 13.1 Å². The number of benzene rings is 1. The number of carboxylic acids is 1. The van der Waals surface area contributed by atoms with E-state index in [-0.39, 0.29) is 11.6 Å². The number of nitrogens with zero attached hydrogens (tertiary/aromatic N) is 3. The van der Waals surface area contributed by atoms with E-state index in [2.05, 4.69) is 9.97 Å². The molecule has 1 aliphatic heterocycles. The van der Waals surface area contributed by atoms with E-state index in [1.165, 1.54) is 18.5 Å². The van der Waals surface area contributed by atoms with Crippen LogP contribution in [0.2, 0.25) is 0 Å². The summed E-state index contributed by atoms with van der Waals surface area (Å²) in [6, 6.07) is 4.28. The van der Waals surface area contributed by atoms with E-state index < -0.39 is 17.6 Å². The number of carbonyl (C=O) groups is 1. The van der Waals surface area contributed by atoms with Crippen molar-refractivity contribution in [2.45, 2.75) is 19.3 Å². The lowest BCUT2D eigenvalue weighted by Crippen LogP contribution is -2.35. The summed E-state index contributed by atoms with van der Waals surface area (Å²) in [7, 11) is 0. The smallest absolute Gasteiger partial charge is 0.356 e. The molecule has 7 heteroatoms. The number of aromatic carboxylic acids is 1. The zero-order chi connectivity index (χ0) is 17.1. The highest BCUT2D eigenvalue weighted by molar-refractivity contribution is 5.84. The number of halogens is 2. The molecule has 1 saturated heterocycles. The number of aromatic nitrogens is 2. The SMILES string of the molecule is O=C(O)c1cnc(N2CCC(Cc3cccc(F)c3F)CC2)cn1. The molecule has 0 radical (unpaired) electrons. The molecular formula is C17H17F2N3O2. The van der Waals surface area contributed by atoms with E-state index in [1.807, 2.05) is 4.90 Å². The minimum atomic E-state index is -1.11. The van der Waals surface area contributed by atoms with Crippen molar-refractivity contribution in [1.82, 2.24) is 9.97 Å². The minimum absolute atomic E-state index is 0.0878. The van der Waals surface area contributed by atoms with Crippen molar-refractivity contribution in [3.8, 4) is 0 Å². The molecule has 0 atom stereocenters. The molecule has 2 heterocycles. The average molecular weight is 333 g/mol. The molecule has 1 aromatic heterocycles. The summed E-state index contributed by atoms with van der Waals surface area (Å²) in [6.45, 7) is 1.45. The molecule has 0 amide bonds. The van der Waals surface area contributed by atoms with Gasteiger partial charge in [-0.1, -0.05) is 12.1 Å². The molecule has 0 saturated carbocycles. The third-order valence-electron chi connectivity index (χ3n) is 4.34. The van der Waals surface area contributed by atoms with Gasteiger partial charge >= 0.3 is 5.97 Å². The number of hydrogen-bond acceptors (Lipinski definition) is 4. The van der Waals surface area contributed by atoms with Crippen LogP contribution in [0.1, 0.15) is 28.9 Å². The van der Waals surface area contributed by atoms with E-state index in [4.69, 9.17) is 5.11 Å². The van der Waals surface area contributed by atoms with Crippen LogP contribution in [0.5, 0.6) is 0 Å². The Morgan fingerprint density at radius 3 is 2.58 bits per heavy atom. The first-order valence-electron chi connectivity index (χ1n) is 7.78. The van der Waals surface area contributed by atoms with Gasteiger partial charge in [-0.2, -0.15) is 0 Å². The highest BCUT2D eigenvalue weighted by Crippen LogP contribution is 2.25. The quantitative estimate of drug-likeness (QED) is 0.932. The molecule has 3 rings (SSSR count). The zero-order valence-corrected chi connectivity index (χ0v) is 13.0. The first-order valence-corrected chi connectivity index (χ1v) is 7.78. The van der Waals surface area contributed by atoms with E-state index in [1.54, 1.807) is 6.07 Å². The van der Waals surface area contributed by atoms with Crippen molar-refractivity contribution < 1.29 is 18.7 Å². The van der Waals surface area contributed by atoms with Crippen LogP contribution in [-0.4, -0.2) is 34.1 Å². The Balaban J connectivity index is 1.59. The van der Waals surface area contributed by atoms with Gasteiger partial charge in [-0.3, -0.25) is 0 Å². The highest BCUT2D eigenvalue weighted by Gasteiger charge is 2.22. The molecule has 1 aliphatic rings. The second kappa shape index (κ2) is 6.90. The summed E-state index contributed by atoms with van der Waals surface area (Å²) in [6.07, 6.45) is 4.87. The molecule has 126 valence electrons. The first-order chi connectivity index (χ1) is 11.5. The Morgan fingerprint density at radius 1 is 1.21 bits per heavy atom. The summed E-state index contributed by atoms with van der Waals surface area (Å²) in [4.78, 5) is 20.8. The highest BCUT2D eigenvalue weighted by atomic mass is 19.2. The van der Waals surface area contributed by atoms with Gasteiger partial charge < -0.3 is 10.0 Å². The number of carboxylic acid groups (broad SMARTS) is 1. The van der Waals surface area contributed by atoms with Crippen LogP contribution in [0.3, 0.4) is 0 Å². The Morgan fingerprint density at radius 2 is 1.96 bits per heavy atom. The molecule has 0 bridgehead atoms. The van der Waals surface area contributed by atoms with E-state index in [0.29, 0.717) is 17.8 Å². The van der Waals surface area contributed by atoms with Gasteiger partial charge in [-0.25, -0.2) is 23.5 Å². The number of anilines is 1. The van der Waals surface area contributed by atoms with E-state index >= 15 is 0 Å². The predicted octanol–water partition coefficient (Wildman–Crippen LogP) is 2.91. The van der Waals surface area contributed by atoms with Crippen LogP contribution in [0.25, 0.3) is 0 Å². The molecule has 5 nitrogen and oxygen atoms in total. The largest absolute Gasteiger partial charge is 0.476 e. The Labute approximate surface area is 138 Å². The summed E-state index contributed by atoms with van der Waals surface area (Å²) in [5.41, 5.74) is 0.328. The van der Waals surface area contributed by atoms with Gasteiger partial charge in [0.1, 0.15) is 5.82 Å². The van der Waals surface area contributed by atoms with Gasteiger partial charge in [0.25, 0.3) is 0 Å². The van der Waals surface area contributed by atoms with Crippen LogP contribution in [-0.2, 0) is 6.42 Å². The third-order valence-corrected chi connectivity index (χ3v) is 4.34. The number of hydrogen-bond donors (Lipinski definition) is 1. The summed E-state index contributed by atoms with van der Waals surface area (Å²) in [5, 5.41) is 8.83. The van der Waals surface area contributed by atoms with Crippen molar-refractivity contribution in [1.29, 1.82) is 0 Å². The predicted molar refractivity (Wildman–Crippen MR) is 84.0 cm³/mol. The maximum atomic E-state index is 13.7. The molecule has 1 fully saturated rings. The van der Waals surface area contributed by atoms with Gasteiger partial charge in [-0.15, -0.1) is 0 Å². The summed E-state index contributed by atoms with van der Waals surface area (Å²) in [5.74, 6) is -1.75.